The minimum absolute atomic E-state index is 0.201. The second-order valence-electron chi connectivity index (χ2n) is 8.70. The summed E-state index contributed by atoms with van der Waals surface area (Å²) in [5, 5.41) is 4.79. The second kappa shape index (κ2) is 9.06. The van der Waals surface area contributed by atoms with Crippen LogP contribution in [0.25, 0.3) is 10.8 Å². The molecule has 3 heterocycles. The van der Waals surface area contributed by atoms with E-state index in [4.69, 9.17) is 4.42 Å². The monoisotopic (exact) mass is 468 g/mol. The molecule has 0 aliphatic carbocycles. The van der Waals surface area contributed by atoms with Crippen LogP contribution in [0, 0.1) is 0 Å². The molecular weight excluding hydrogens is 444 g/mol. The first kappa shape index (κ1) is 22.3. The highest BCUT2D eigenvalue weighted by Gasteiger charge is 2.49. The zero-order valence-corrected chi connectivity index (χ0v) is 19.2. The molecule has 1 N–H and O–H groups in total. The predicted octanol–water partition coefficient (Wildman–Crippen LogP) is 3.82. The van der Waals surface area contributed by atoms with Crippen molar-refractivity contribution in [3.05, 3.63) is 102 Å². The number of furan rings is 1. The number of imide groups is 1. The molecule has 0 bridgehead atoms. The summed E-state index contributed by atoms with van der Waals surface area (Å²) < 4.78 is 5.42. The zero-order valence-electron chi connectivity index (χ0n) is 19.2. The number of aromatic nitrogens is 1. The molecule has 0 saturated carbocycles. The molecule has 176 valence electrons. The summed E-state index contributed by atoms with van der Waals surface area (Å²) in [4.78, 5) is 46.3. The van der Waals surface area contributed by atoms with Gasteiger partial charge in [0.15, 0.2) is 0 Å². The highest BCUT2D eigenvalue weighted by atomic mass is 16.3. The quantitative estimate of drug-likeness (QED) is 0.416. The standard InChI is InChI=1S/C27H24N4O4/c1-27(22-11-10-20-7-2-3-8-21(20)14-22)25(33)31(26(34)29-27)18-24(32)30(17-23-9-5-13-35-23)16-19-6-4-12-28-15-19/h2-15H,16-18H2,1H3,(H,29,34). The molecule has 2 aromatic heterocycles. The van der Waals surface area contributed by atoms with Crippen molar-refractivity contribution in [2.45, 2.75) is 25.6 Å². The Hall–Kier alpha value is -4.46. The van der Waals surface area contributed by atoms with E-state index in [9.17, 15) is 14.4 Å². The van der Waals surface area contributed by atoms with Crippen LogP contribution in [0.3, 0.4) is 0 Å². The van der Waals surface area contributed by atoms with Crippen LogP contribution in [0.1, 0.15) is 23.8 Å². The van der Waals surface area contributed by atoms with E-state index in [1.807, 2.05) is 48.5 Å². The number of pyridine rings is 1. The Morgan fingerprint density at radius 1 is 1.03 bits per heavy atom. The summed E-state index contributed by atoms with van der Waals surface area (Å²) in [6.45, 7) is 1.75. The molecule has 0 radical (unpaired) electrons. The van der Waals surface area contributed by atoms with E-state index in [2.05, 4.69) is 10.3 Å². The molecule has 8 nitrogen and oxygen atoms in total. The van der Waals surface area contributed by atoms with E-state index in [1.165, 1.54) is 6.26 Å². The van der Waals surface area contributed by atoms with Crippen molar-refractivity contribution < 1.29 is 18.8 Å². The lowest BCUT2D eigenvalue weighted by Gasteiger charge is -2.25. The fourth-order valence-electron chi connectivity index (χ4n) is 4.31. The van der Waals surface area contributed by atoms with Crippen LogP contribution in [0.4, 0.5) is 4.79 Å². The molecule has 1 fully saturated rings. The van der Waals surface area contributed by atoms with Crippen LogP contribution in [0.15, 0.2) is 89.8 Å². The van der Waals surface area contributed by atoms with Gasteiger partial charge in [-0.2, -0.15) is 0 Å². The van der Waals surface area contributed by atoms with Crippen molar-refractivity contribution in [1.82, 2.24) is 20.1 Å². The Kier molecular flexibility index (Phi) is 5.78. The van der Waals surface area contributed by atoms with Gasteiger partial charge in [-0.3, -0.25) is 19.5 Å². The first-order chi connectivity index (χ1) is 16.9. The Morgan fingerprint density at radius 2 is 1.86 bits per heavy atom. The van der Waals surface area contributed by atoms with Crippen molar-refractivity contribution in [3.8, 4) is 0 Å². The van der Waals surface area contributed by atoms with Gasteiger partial charge in [-0.05, 0) is 53.1 Å². The molecule has 5 rings (SSSR count). The summed E-state index contributed by atoms with van der Waals surface area (Å²) in [6.07, 6.45) is 4.87. The number of nitrogens with one attached hydrogen (secondary N) is 1. The van der Waals surface area contributed by atoms with Crippen LogP contribution in [-0.2, 0) is 28.2 Å². The van der Waals surface area contributed by atoms with Crippen molar-refractivity contribution in [1.29, 1.82) is 0 Å². The van der Waals surface area contributed by atoms with Gasteiger partial charge >= 0.3 is 6.03 Å². The first-order valence-corrected chi connectivity index (χ1v) is 11.3. The van der Waals surface area contributed by atoms with Crippen LogP contribution in [-0.4, -0.2) is 39.2 Å². The first-order valence-electron chi connectivity index (χ1n) is 11.3. The third-order valence-electron chi connectivity index (χ3n) is 6.27. The van der Waals surface area contributed by atoms with Gasteiger partial charge in [0, 0.05) is 18.9 Å². The summed E-state index contributed by atoms with van der Waals surface area (Å²) in [7, 11) is 0. The zero-order chi connectivity index (χ0) is 24.4. The summed E-state index contributed by atoms with van der Waals surface area (Å²) in [5.74, 6) is -0.248. The molecule has 1 saturated heterocycles. The molecule has 1 atom stereocenters. The second-order valence-corrected chi connectivity index (χ2v) is 8.70. The van der Waals surface area contributed by atoms with Gasteiger partial charge in [-0.25, -0.2) is 4.79 Å². The fraction of sp³-hybridized carbons (Fsp3) is 0.185. The van der Waals surface area contributed by atoms with E-state index in [0.717, 1.165) is 21.2 Å². The number of nitrogens with zero attached hydrogens (tertiary/aromatic N) is 3. The lowest BCUT2D eigenvalue weighted by Crippen LogP contribution is -2.44. The average Bonchev–Trinajstić information content (AvgIpc) is 3.46. The van der Waals surface area contributed by atoms with Gasteiger partial charge in [0.1, 0.15) is 17.8 Å². The topological polar surface area (TPSA) is 95.8 Å². The Morgan fingerprint density at radius 3 is 2.60 bits per heavy atom. The molecule has 4 aromatic rings. The largest absolute Gasteiger partial charge is 0.467 e. The summed E-state index contributed by atoms with van der Waals surface area (Å²) in [6, 6.07) is 20.0. The number of hydrogen-bond donors (Lipinski definition) is 1. The number of benzene rings is 2. The molecule has 8 heteroatoms. The number of hydrogen-bond acceptors (Lipinski definition) is 5. The van der Waals surface area contributed by atoms with Crippen molar-refractivity contribution in [2.24, 2.45) is 0 Å². The number of amides is 4. The third-order valence-corrected chi connectivity index (χ3v) is 6.27. The highest BCUT2D eigenvalue weighted by Crippen LogP contribution is 2.31. The van der Waals surface area contributed by atoms with Crippen LogP contribution < -0.4 is 5.32 Å². The van der Waals surface area contributed by atoms with Gasteiger partial charge in [0.05, 0.1) is 12.8 Å². The lowest BCUT2D eigenvalue weighted by molar-refractivity contribution is -0.139. The molecular formula is C27H24N4O4. The highest BCUT2D eigenvalue weighted by molar-refractivity contribution is 6.09. The Balaban J connectivity index is 1.37. The van der Waals surface area contributed by atoms with Crippen LogP contribution in [0.5, 0.6) is 0 Å². The van der Waals surface area contributed by atoms with Crippen LogP contribution in [0.2, 0.25) is 0 Å². The predicted molar refractivity (Wildman–Crippen MR) is 129 cm³/mol. The third kappa shape index (κ3) is 4.38. The molecule has 4 amide bonds. The SMILES string of the molecule is CC1(c2ccc3ccccc3c2)NC(=O)N(CC(=O)N(Cc2cccnc2)Cc2ccco2)C1=O. The van der Waals surface area contributed by atoms with Crippen molar-refractivity contribution in [2.75, 3.05) is 6.54 Å². The summed E-state index contributed by atoms with van der Waals surface area (Å²) >= 11 is 0. The Bertz CT molecular complexity index is 1390. The molecule has 0 spiro atoms. The van der Waals surface area contributed by atoms with Gasteiger partial charge < -0.3 is 14.6 Å². The van der Waals surface area contributed by atoms with Gasteiger partial charge in [-0.15, -0.1) is 0 Å². The maximum Gasteiger partial charge on any atom is 0.325 e. The molecule has 1 aliphatic rings. The number of rotatable bonds is 7. The van der Waals surface area contributed by atoms with Crippen LogP contribution >= 0.6 is 0 Å². The average molecular weight is 469 g/mol. The summed E-state index contributed by atoms with van der Waals surface area (Å²) in [5.41, 5.74) is 0.217. The molecule has 1 unspecified atom stereocenters. The maximum absolute atomic E-state index is 13.5. The van der Waals surface area contributed by atoms with E-state index in [1.54, 1.807) is 42.4 Å². The number of fused-ring (bicyclic) bond motifs is 1. The van der Waals surface area contributed by atoms with Gasteiger partial charge in [0.25, 0.3) is 5.91 Å². The van der Waals surface area contributed by atoms with E-state index < -0.39 is 17.5 Å². The number of carbonyl (C=O) groups is 3. The van der Waals surface area contributed by atoms with Crippen molar-refractivity contribution >= 4 is 28.6 Å². The molecule has 35 heavy (non-hydrogen) atoms. The number of urea groups is 1. The number of carbonyl (C=O) groups excluding carboxylic acids is 3. The normalized spacial score (nSPS) is 17.6. The maximum atomic E-state index is 13.5. The minimum atomic E-state index is -1.27. The van der Waals surface area contributed by atoms with E-state index >= 15 is 0 Å². The lowest BCUT2D eigenvalue weighted by atomic mass is 9.90. The smallest absolute Gasteiger partial charge is 0.325 e. The molecule has 1 aliphatic heterocycles. The van der Waals surface area contributed by atoms with Crippen molar-refractivity contribution in [3.63, 3.8) is 0 Å². The van der Waals surface area contributed by atoms with E-state index in [0.29, 0.717) is 11.3 Å². The molecule has 2 aromatic carbocycles. The minimum Gasteiger partial charge on any atom is -0.467 e. The fourth-order valence-corrected chi connectivity index (χ4v) is 4.31. The Labute approximate surface area is 202 Å². The van der Waals surface area contributed by atoms with Gasteiger partial charge in [0.2, 0.25) is 5.91 Å². The van der Waals surface area contributed by atoms with Gasteiger partial charge in [-0.1, -0.05) is 42.5 Å². The van der Waals surface area contributed by atoms with E-state index in [-0.39, 0.29) is 25.5 Å².